The van der Waals surface area contributed by atoms with E-state index in [0.717, 1.165) is 22.6 Å². The largest absolute Gasteiger partial charge is 0.383 e. The molecule has 3 rings (SSSR count). The maximum absolute atomic E-state index is 10.7. The maximum Gasteiger partial charge on any atom is 0.113 e. The van der Waals surface area contributed by atoms with Gasteiger partial charge in [-0.15, -0.1) is 11.3 Å². The number of hydrogen-bond donors (Lipinski definition) is 1. The first kappa shape index (κ1) is 14.2. The topological polar surface area (TPSA) is 20.2 Å². The van der Waals surface area contributed by atoms with Crippen LogP contribution in [0.2, 0.25) is 0 Å². The fraction of sp³-hybridized carbons (Fsp3) is 0.412. The van der Waals surface area contributed by atoms with E-state index < -0.39 is 6.10 Å². The molecule has 20 heavy (non-hydrogen) atoms. The summed E-state index contributed by atoms with van der Waals surface area (Å²) < 4.78 is 0. The van der Waals surface area contributed by atoms with Crippen LogP contribution >= 0.6 is 23.1 Å². The van der Waals surface area contributed by atoms with Crippen molar-refractivity contribution in [1.29, 1.82) is 0 Å². The number of aliphatic hydroxyl groups is 1. The van der Waals surface area contributed by atoms with Crippen molar-refractivity contribution in [2.75, 3.05) is 5.75 Å². The molecule has 106 valence electrons. The van der Waals surface area contributed by atoms with Crippen molar-refractivity contribution in [1.82, 2.24) is 0 Å². The van der Waals surface area contributed by atoms with Gasteiger partial charge in [0.25, 0.3) is 0 Å². The molecule has 1 N–H and O–H groups in total. The van der Waals surface area contributed by atoms with E-state index in [1.807, 2.05) is 11.8 Å². The third kappa shape index (κ3) is 2.54. The van der Waals surface area contributed by atoms with Gasteiger partial charge in [0.05, 0.1) is 0 Å². The van der Waals surface area contributed by atoms with E-state index in [4.69, 9.17) is 0 Å². The van der Waals surface area contributed by atoms with Crippen LogP contribution in [0.4, 0.5) is 0 Å². The Balaban J connectivity index is 1.98. The number of aryl methyl sites for hydroxylation is 4. The van der Waals surface area contributed by atoms with E-state index in [1.54, 1.807) is 11.3 Å². The van der Waals surface area contributed by atoms with Gasteiger partial charge in [-0.05, 0) is 66.8 Å². The minimum absolute atomic E-state index is 0.477. The van der Waals surface area contributed by atoms with Gasteiger partial charge in [-0.1, -0.05) is 12.1 Å². The van der Waals surface area contributed by atoms with Crippen LogP contribution in [0.1, 0.15) is 43.7 Å². The highest BCUT2D eigenvalue weighted by Gasteiger charge is 2.20. The Hall–Kier alpha value is -0.770. The van der Waals surface area contributed by atoms with Crippen molar-refractivity contribution in [2.24, 2.45) is 0 Å². The second-order valence-corrected chi connectivity index (χ2v) is 7.87. The predicted molar refractivity (Wildman–Crippen MR) is 88.9 cm³/mol. The van der Waals surface area contributed by atoms with Crippen LogP contribution in [0.3, 0.4) is 0 Å². The second-order valence-electron chi connectivity index (χ2n) is 5.60. The Morgan fingerprint density at radius 1 is 1.05 bits per heavy atom. The first-order valence-electron chi connectivity index (χ1n) is 7.01. The number of fused-ring (bicyclic) bond motifs is 1. The Morgan fingerprint density at radius 3 is 2.55 bits per heavy atom. The SMILES string of the molecule is Cc1cc(C)c(C(O)c2cc3c(s2)CCSC3)cc1C. The first-order valence-corrected chi connectivity index (χ1v) is 8.98. The molecule has 1 atom stereocenters. The van der Waals surface area contributed by atoms with Gasteiger partial charge in [-0.2, -0.15) is 11.8 Å². The highest BCUT2D eigenvalue weighted by molar-refractivity contribution is 7.98. The van der Waals surface area contributed by atoms with Gasteiger partial charge in [0, 0.05) is 15.5 Å². The number of hydrogen-bond acceptors (Lipinski definition) is 3. The molecule has 1 aromatic heterocycles. The van der Waals surface area contributed by atoms with Crippen LogP contribution in [-0.4, -0.2) is 10.9 Å². The fourth-order valence-corrected chi connectivity index (χ4v) is 5.12. The van der Waals surface area contributed by atoms with Gasteiger partial charge in [-0.3, -0.25) is 0 Å². The van der Waals surface area contributed by atoms with Crippen molar-refractivity contribution in [3.8, 4) is 0 Å². The Morgan fingerprint density at radius 2 is 1.80 bits per heavy atom. The van der Waals surface area contributed by atoms with Crippen molar-refractivity contribution in [3.05, 3.63) is 55.8 Å². The highest BCUT2D eigenvalue weighted by Crippen LogP contribution is 2.37. The number of thioether (sulfide) groups is 1. The smallest absolute Gasteiger partial charge is 0.113 e. The Kier molecular flexibility index (Phi) is 3.93. The molecule has 2 heterocycles. The van der Waals surface area contributed by atoms with Crippen LogP contribution in [0.5, 0.6) is 0 Å². The van der Waals surface area contributed by atoms with Gasteiger partial charge >= 0.3 is 0 Å². The molecule has 2 aromatic rings. The Bertz CT molecular complexity index is 619. The summed E-state index contributed by atoms with van der Waals surface area (Å²) in [5, 5.41) is 10.7. The molecular formula is C17H20OS2. The van der Waals surface area contributed by atoms with Crippen LogP contribution in [-0.2, 0) is 12.2 Å². The fourth-order valence-electron chi connectivity index (χ4n) is 2.74. The van der Waals surface area contributed by atoms with Gasteiger partial charge in [0.2, 0.25) is 0 Å². The van der Waals surface area contributed by atoms with E-state index in [1.165, 1.54) is 32.9 Å². The summed E-state index contributed by atoms with van der Waals surface area (Å²) in [6.07, 6.45) is 0.679. The lowest BCUT2D eigenvalue weighted by Gasteiger charge is -2.14. The summed E-state index contributed by atoms with van der Waals surface area (Å²) >= 11 is 3.78. The lowest BCUT2D eigenvalue weighted by Crippen LogP contribution is -2.01. The Labute approximate surface area is 129 Å². The minimum Gasteiger partial charge on any atom is -0.383 e. The highest BCUT2D eigenvalue weighted by atomic mass is 32.2. The standard InChI is InChI=1S/C17H20OS2/c1-10-6-12(3)14(7-11(10)2)17(18)16-8-13-9-19-5-4-15(13)20-16/h6-8,17-18H,4-5,9H2,1-3H3. The zero-order chi connectivity index (χ0) is 14.3. The molecule has 3 heteroatoms. The van der Waals surface area contributed by atoms with Crippen LogP contribution in [0.25, 0.3) is 0 Å². The second kappa shape index (κ2) is 5.55. The van der Waals surface area contributed by atoms with Crippen LogP contribution in [0.15, 0.2) is 18.2 Å². The van der Waals surface area contributed by atoms with E-state index in [-0.39, 0.29) is 0 Å². The predicted octanol–water partition coefficient (Wildman–Crippen LogP) is 4.54. The summed E-state index contributed by atoms with van der Waals surface area (Å²) in [7, 11) is 0. The molecule has 0 saturated carbocycles. The summed E-state index contributed by atoms with van der Waals surface area (Å²) in [6, 6.07) is 6.53. The van der Waals surface area contributed by atoms with Crippen molar-refractivity contribution in [3.63, 3.8) is 0 Å². The number of benzene rings is 1. The molecule has 0 spiro atoms. The molecule has 0 saturated heterocycles. The minimum atomic E-state index is -0.477. The summed E-state index contributed by atoms with van der Waals surface area (Å²) in [5.74, 6) is 2.32. The third-order valence-electron chi connectivity index (χ3n) is 4.09. The zero-order valence-corrected chi connectivity index (χ0v) is 13.8. The summed E-state index contributed by atoms with van der Waals surface area (Å²) in [4.78, 5) is 2.57. The van der Waals surface area contributed by atoms with E-state index in [2.05, 4.69) is 39.0 Å². The van der Waals surface area contributed by atoms with Gasteiger partial charge in [-0.25, -0.2) is 0 Å². The number of thiophene rings is 1. The molecule has 1 aromatic carbocycles. The molecule has 1 aliphatic heterocycles. The molecule has 0 aliphatic carbocycles. The van der Waals surface area contributed by atoms with E-state index in [9.17, 15) is 5.11 Å². The quantitative estimate of drug-likeness (QED) is 0.878. The molecule has 1 nitrogen and oxygen atoms in total. The zero-order valence-electron chi connectivity index (χ0n) is 12.2. The average molecular weight is 304 g/mol. The monoisotopic (exact) mass is 304 g/mol. The summed E-state index contributed by atoms with van der Waals surface area (Å²) in [5.41, 5.74) is 6.21. The first-order chi connectivity index (χ1) is 9.56. The van der Waals surface area contributed by atoms with Crippen molar-refractivity contribution < 1.29 is 5.11 Å². The number of aliphatic hydroxyl groups excluding tert-OH is 1. The van der Waals surface area contributed by atoms with Gasteiger partial charge in [0.15, 0.2) is 0 Å². The molecule has 0 radical (unpaired) electrons. The van der Waals surface area contributed by atoms with Gasteiger partial charge < -0.3 is 5.11 Å². The van der Waals surface area contributed by atoms with Crippen LogP contribution < -0.4 is 0 Å². The van der Waals surface area contributed by atoms with Gasteiger partial charge in [0.1, 0.15) is 6.10 Å². The van der Waals surface area contributed by atoms with E-state index in [0.29, 0.717) is 0 Å². The maximum atomic E-state index is 10.7. The van der Waals surface area contributed by atoms with E-state index >= 15 is 0 Å². The average Bonchev–Trinajstić information content (AvgIpc) is 2.86. The molecule has 1 aliphatic rings. The molecule has 0 fully saturated rings. The molecule has 0 amide bonds. The third-order valence-corrected chi connectivity index (χ3v) is 6.39. The lowest BCUT2D eigenvalue weighted by molar-refractivity contribution is 0.223. The lowest BCUT2D eigenvalue weighted by atomic mass is 9.96. The molecule has 0 bridgehead atoms. The molecule has 1 unspecified atom stereocenters. The summed E-state index contributed by atoms with van der Waals surface area (Å²) in [6.45, 7) is 6.33. The van der Waals surface area contributed by atoms with Crippen molar-refractivity contribution in [2.45, 2.75) is 39.0 Å². The van der Waals surface area contributed by atoms with Crippen LogP contribution in [0, 0.1) is 20.8 Å². The van der Waals surface area contributed by atoms with Crippen molar-refractivity contribution >= 4 is 23.1 Å². The number of rotatable bonds is 2. The normalized spacial score (nSPS) is 16.0. The molecular weight excluding hydrogens is 284 g/mol.